The third kappa shape index (κ3) is 8.53. The van der Waals surface area contributed by atoms with Crippen LogP contribution in [0.3, 0.4) is 0 Å². The average molecular weight is 661 g/mol. The summed E-state index contributed by atoms with van der Waals surface area (Å²) in [6, 6.07) is 24.3. The lowest BCUT2D eigenvalue weighted by Crippen LogP contribution is -2.33. The Labute approximate surface area is 276 Å². The molecule has 46 heavy (non-hydrogen) atoms. The van der Waals surface area contributed by atoms with E-state index in [1.807, 2.05) is 36.5 Å². The molecule has 0 aliphatic heterocycles. The highest BCUT2D eigenvalue weighted by Crippen LogP contribution is 2.32. The Kier molecular flexibility index (Phi) is 10.7. The maximum absolute atomic E-state index is 13.8. The first kappa shape index (κ1) is 32.7. The van der Waals surface area contributed by atoms with E-state index in [2.05, 4.69) is 16.8 Å². The summed E-state index contributed by atoms with van der Waals surface area (Å²) < 4.78 is 21.8. The molecule has 236 valence electrons. The van der Waals surface area contributed by atoms with Gasteiger partial charge in [-0.15, -0.1) is 0 Å². The molecule has 0 spiro atoms. The van der Waals surface area contributed by atoms with E-state index in [-0.39, 0.29) is 17.9 Å². The van der Waals surface area contributed by atoms with Crippen molar-refractivity contribution >= 4 is 35.1 Å². The number of nitrogens with one attached hydrogen (secondary N) is 1. The maximum Gasteiger partial charge on any atom is 0.335 e. The molecule has 0 radical (unpaired) electrons. The smallest absolute Gasteiger partial charge is 0.335 e. The Morgan fingerprint density at radius 2 is 1.67 bits per heavy atom. The zero-order valence-corrected chi connectivity index (χ0v) is 26.6. The first-order chi connectivity index (χ1) is 22.2. The van der Waals surface area contributed by atoms with Crippen LogP contribution in [0.4, 0.5) is 4.39 Å². The molecule has 0 fully saturated rings. The van der Waals surface area contributed by atoms with E-state index in [1.165, 1.54) is 24.3 Å². The van der Waals surface area contributed by atoms with Gasteiger partial charge in [-0.05, 0) is 90.7 Å². The van der Waals surface area contributed by atoms with Gasteiger partial charge in [0, 0.05) is 23.3 Å². The summed E-state index contributed by atoms with van der Waals surface area (Å²) in [5.74, 6) is 0.0698. The Morgan fingerprint density at radius 3 is 2.33 bits per heavy atom. The third-order valence-electron chi connectivity index (χ3n) is 7.37. The molecule has 0 saturated carbocycles. The highest BCUT2D eigenvalue weighted by Gasteiger charge is 2.23. The van der Waals surface area contributed by atoms with Gasteiger partial charge >= 0.3 is 5.97 Å². The fourth-order valence-corrected chi connectivity index (χ4v) is 5.56. The number of hydrogen-bond acceptors (Lipinski definition) is 4. The molecule has 0 aliphatic carbocycles. The number of hydrogen-bond donors (Lipinski definition) is 2. The average Bonchev–Trinajstić information content (AvgIpc) is 3.44. The van der Waals surface area contributed by atoms with E-state index in [0.29, 0.717) is 51.6 Å². The third-order valence-corrected chi connectivity index (χ3v) is 7.92. The van der Waals surface area contributed by atoms with Gasteiger partial charge in [0.05, 0.1) is 28.7 Å². The molecule has 0 aliphatic rings. The van der Waals surface area contributed by atoms with Crippen LogP contribution in [-0.2, 0) is 24.2 Å². The van der Waals surface area contributed by atoms with Gasteiger partial charge in [0.1, 0.15) is 23.1 Å². The number of carbonyl (C=O) groups is 2. The quantitative estimate of drug-likeness (QED) is 0.132. The molecule has 10 heteroatoms. The predicted molar refractivity (Wildman–Crippen MR) is 177 cm³/mol. The summed E-state index contributed by atoms with van der Waals surface area (Å²) in [6.45, 7) is 2.80. The number of halogens is 3. The van der Waals surface area contributed by atoms with Crippen molar-refractivity contribution in [2.45, 2.75) is 45.2 Å². The van der Waals surface area contributed by atoms with Crippen molar-refractivity contribution in [3.63, 3.8) is 0 Å². The lowest BCUT2D eigenvalue weighted by atomic mass is 10.0. The summed E-state index contributed by atoms with van der Waals surface area (Å²) in [5, 5.41) is 13.3. The monoisotopic (exact) mass is 659 g/mol. The zero-order chi connectivity index (χ0) is 32.6. The number of unbranched alkanes of at least 4 members (excludes halogenated alkanes) is 1. The number of nitrogens with zero attached hydrogens (tertiary/aromatic N) is 2. The number of carboxylic acid groups (broad SMARTS) is 1. The number of benzene rings is 4. The SMILES string of the molecule is CCCCn1cc(-c2ccc(Cl)cc2Cl)nc1[C@H](Cc1ccc(Oc2ccc(C(=O)O)cc2)cc1)NC(=O)Cc1cccc(F)c1. The van der Waals surface area contributed by atoms with E-state index in [0.717, 1.165) is 24.0 Å². The molecule has 1 heterocycles. The Morgan fingerprint density at radius 1 is 0.957 bits per heavy atom. The molecular formula is C36H32Cl2FN3O4. The van der Waals surface area contributed by atoms with Crippen LogP contribution in [0, 0.1) is 5.82 Å². The molecule has 1 atom stereocenters. The van der Waals surface area contributed by atoms with Crippen molar-refractivity contribution < 1.29 is 23.8 Å². The van der Waals surface area contributed by atoms with Crippen LogP contribution >= 0.6 is 23.2 Å². The van der Waals surface area contributed by atoms with Gasteiger partial charge in [0.2, 0.25) is 5.91 Å². The second-order valence-electron chi connectivity index (χ2n) is 10.9. The minimum absolute atomic E-state index is 0.00719. The van der Waals surface area contributed by atoms with Crippen molar-refractivity contribution in [2.24, 2.45) is 0 Å². The fourth-order valence-electron chi connectivity index (χ4n) is 5.06. The van der Waals surface area contributed by atoms with Crippen LogP contribution in [0.25, 0.3) is 11.3 Å². The van der Waals surface area contributed by atoms with E-state index in [9.17, 15) is 14.0 Å². The molecule has 0 unspecified atom stereocenters. The zero-order valence-electron chi connectivity index (χ0n) is 25.1. The molecule has 2 N–H and O–H groups in total. The van der Waals surface area contributed by atoms with Gasteiger partial charge < -0.3 is 19.7 Å². The molecule has 4 aromatic carbocycles. The van der Waals surface area contributed by atoms with Gasteiger partial charge in [0.15, 0.2) is 0 Å². The summed E-state index contributed by atoms with van der Waals surface area (Å²) in [4.78, 5) is 29.5. The number of ether oxygens (including phenoxy) is 1. The highest BCUT2D eigenvalue weighted by atomic mass is 35.5. The van der Waals surface area contributed by atoms with Crippen molar-refractivity contribution in [2.75, 3.05) is 0 Å². The molecular weight excluding hydrogens is 628 g/mol. The molecule has 0 bridgehead atoms. The van der Waals surface area contributed by atoms with Crippen LogP contribution < -0.4 is 10.1 Å². The number of imidazole rings is 1. The largest absolute Gasteiger partial charge is 0.478 e. The summed E-state index contributed by atoms with van der Waals surface area (Å²) >= 11 is 12.7. The maximum atomic E-state index is 13.8. The number of aromatic carboxylic acids is 1. The predicted octanol–water partition coefficient (Wildman–Crippen LogP) is 8.93. The van der Waals surface area contributed by atoms with Gasteiger partial charge in [-0.25, -0.2) is 14.2 Å². The van der Waals surface area contributed by atoms with E-state index >= 15 is 0 Å². The summed E-state index contributed by atoms with van der Waals surface area (Å²) in [5.41, 5.74) is 3.05. The van der Waals surface area contributed by atoms with Crippen molar-refractivity contribution in [3.8, 4) is 22.8 Å². The highest BCUT2D eigenvalue weighted by molar-refractivity contribution is 6.36. The van der Waals surface area contributed by atoms with E-state index < -0.39 is 17.8 Å². The van der Waals surface area contributed by atoms with Crippen LogP contribution in [-0.4, -0.2) is 26.5 Å². The Hall–Kier alpha value is -4.66. The minimum atomic E-state index is -1.01. The lowest BCUT2D eigenvalue weighted by molar-refractivity contribution is -0.121. The topological polar surface area (TPSA) is 93.5 Å². The molecule has 7 nitrogen and oxygen atoms in total. The van der Waals surface area contributed by atoms with Gasteiger partial charge in [-0.1, -0.05) is 60.8 Å². The number of aryl methyl sites for hydroxylation is 1. The minimum Gasteiger partial charge on any atom is -0.478 e. The molecule has 5 aromatic rings. The Bertz CT molecular complexity index is 1820. The van der Waals surface area contributed by atoms with Crippen LogP contribution in [0.15, 0.2) is 97.2 Å². The summed E-state index contributed by atoms with van der Waals surface area (Å²) in [6.07, 6.45) is 4.23. The second kappa shape index (κ2) is 15.1. The van der Waals surface area contributed by atoms with Gasteiger partial charge in [-0.3, -0.25) is 4.79 Å². The number of rotatable bonds is 13. The number of aromatic nitrogens is 2. The Balaban J connectivity index is 1.43. The lowest BCUT2D eigenvalue weighted by Gasteiger charge is -2.20. The molecule has 1 amide bonds. The van der Waals surface area contributed by atoms with Crippen molar-refractivity contribution in [3.05, 3.63) is 136 Å². The van der Waals surface area contributed by atoms with Crippen molar-refractivity contribution in [1.29, 1.82) is 0 Å². The fraction of sp³-hybridized carbons (Fsp3) is 0.194. The van der Waals surface area contributed by atoms with E-state index in [1.54, 1.807) is 36.4 Å². The van der Waals surface area contributed by atoms with E-state index in [4.69, 9.17) is 38.0 Å². The van der Waals surface area contributed by atoms with Crippen LogP contribution in [0.2, 0.25) is 10.0 Å². The van der Waals surface area contributed by atoms with Crippen LogP contribution in [0.5, 0.6) is 11.5 Å². The number of carboxylic acids is 1. The number of amides is 1. The molecule has 0 saturated heterocycles. The van der Waals surface area contributed by atoms with Crippen molar-refractivity contribution in [1.82, 2.24) is 14.9 Å². The summed E-state index contributed by atoms with van der Waals surface area (Å²) in [7, 11) is 0. The first-order valence-corrected chi connectivity index (χ1v) is 15.6. The van der Waals surface area contributed by atoms with Gasteiger partial charge in [-0.2, -0.15) is 0 Å². The number of carbonyl (C=O) groups excluding carboxylic acids is 1. The second-order valence-corrected chi connectivity index (χ2v) is 11.7. The molecule has 5 rings (SSSR count). The van der Waals surface area contributed by atoms with Crippen LogP contribution in [0.1, 0.15) is 53.1 Å². The normalized spacial score (nSPS) is 11.7. The molecule has 1 aromatic heterocycles. The standard InChI is InChI=1S/C36H32Cl2FN3O4/c1-2-3-17-42-22-33(30-16-11-26(37)21-31(30)38)41-35(42)32(40-34(43)20-24-5-4-6-27(39)18-24)19-23-7-12-28(13-8-23)46-29-14-9-25(10-15-29)36(44)45/h4-16,18,21-22,32H,2-3,17,19-20H2,1H3,(H,40,43)(H,44,45)/t32-/m0/s1. The van der Waals surface area contributed by atoms with Gasteiger partial charge in [0.25, 0.3) is 0 Å². The first-order valence-electron chi connectivity index (χ1n) is 14.8.